The van der Waals surface area contributed by atoms with Crippen molar-refractivity contribution in [3.8, 4) is 11.1 Å². The molecular formula is C29H27NO2S. The maximum atomic E-state index is 11.7. The van der Waals surface area contributed by atoms with Gasteiger partial charge in [-0.05, 0) is 70.3 Å². The predicted octanol–water partition coefficient (Wildman–Crippen LogP) is 6.20. The number of fused-ring (bicyclic) bond motifs is 2. The van der Waals surface area contributed by atoms with Crippen LogP contribution < -0.4 is 4.72 Å². The molecule has 0 amide bonds. The van der Waals surface area contributed by atoms with Crippen LogP contribution in [-0.4, -0.2) is 14.7 Å². The predicted molar refractivity (Wildman–Crippen MR) is 136 cm³/mol. The molecule has 0 saturated carbocycles. The van der Waals surface area contributed by atoms with E-state index in [0.29, 0.717) is 5.69 Å². The first-order valence-corrected chi connectivity index (χ1v) is 13.2. The molecule has 0 saturated heterocycles. The zero-order valence-corrected chi connectivity index (χ0v) is 19.5. The normalized spacial score (nSPS) is 15.2. The van der Waals surface area contributed by atoms with Gasteiger partial charge in [0.1, 0.15) is 0 Å². The van der Waals surface area contributed by atoms with Gasteiger partial charge < -0.3 is 0 Å². The van der Waals surface area contributed by atoms with E-state index in [-0.39, 0.29) is 5.92 Å². The lowest BCUT2D eigenvalue weighted by molar-refractivity contribution is 0.607. The molecule has 4 aromatic rings. The first-order chi connectivity index (χ1) is 16.0. The highest BCUT2D eigenvalue weighted by molar-refractivity contribution is 7.92. The Morgan fingerprint density at radius 2 is 1.52 bits per heavy atom. The standard InChI is InChI=1S/C29H27NO2S/c1-33(31,32)30-24-13-7-9-21(19-24)20-29-26-14-6-5-12-23(26)17-18-28-25(15-8-16-27(28)29)22-10-3-2-4-11-22/h2-16,19,29-30H,17-18,20H2,1H3. The largest absolute Gasteiger partial charge is 0.284 e. The number of aryl methyl sites for hydroxylation is 1. The van der Waals surface area contributed by atoms with Gasteiger partial charge in [-0.15, -0.1) is 0 Å². The molecule has 1 N–H and O–H groups in total. The van der Waals surface area contributed by atoms with Crippen molar-refractivity contribution < 1.29 is 8.42 Å². The fraction of sp³-hybridized carbons (Fsp3) is 0.172. The van der Waals surface area contributed by atoms with Crippen LogP contribution in [0.15, 0.2) is 97.1 Å². The van der Waals surface area contributed by atoms with Gasteiger partial charge in [0, 0.05) is 11.6 Å². The third-order valence-corrected chi connectivity index (χ3v) is 7.02. The first kappa shape index (κ1) is 21.5. The molecule has 33 heavy (non-hydrogen) atoms. The summed E-state index contributed by atoms with van der Waals surface area (Å²) in [5.41, 5.74) is 9.80. The molecule has 4 heteroatoms. The van der Waals surface area contributed by atoms with Crippen LogP contribution in [0.4, 0.5) is 5.69 Å². The molecule has 166 valence electrons. The number of hydrogen-bond acceptors (Lipinski definition) is 2. The maximum absolute atomic E-state index is 11.7. The Morgan fingerprint density at radius 3 is 2.33 bits per heavy atom. The van der Waals surface area contributed by atoms with Crippen molar-refractivity contribution in [3.05, 3.63) is 125 Å². The second-order valence-electron chi connectivity index (χ2n) is 8.77. The summed E-state index contributed by atoms with van der Waals surface area (Å²) >= 11 is 0. The maximum Gasteiger partial charge on any atom is 0.229 e. The molecule has 0 heterocycles. The van der Waals surface area contributed by atoms with Crippen molar-refractivity contribution in [2.75, 3.05) is 11.0 Å². The van der Waals surface area contributed by atoms with E-state index < -0.39 is 10.0 Å². The van der Waals surface area contributed by atoms with Gasteiger partial charge >= 0.3 is 0 Å². The highest BCUT2D eigenvalue weighted by atomic mass is 32.2. The number of rotatable bonds is 5. The molecule has 0 aromatic heterocycles. The molecule has 0 bridgehead atoms. The van der Waals surface area contributed by atoms with Crippen LogP contribution in [0, 0.1) is 0 Å². The fourth-order valence-electron chi connectivity index (χ4n) is 5.06. The molecule has 1 unspecified atom stereocenters. The van der Waals surface area contributed by atoms with E-state index in [2.05, 4.69) is 83.6 Å². The van der Waals surface area contributed by atoms with Gasteiger partial charge in [-0.2, -0.15) is 0 Å². The van der Waals surface area contributed by atoms with E-state index in [9.17, 15) is 8.42 Å². The summed E-state index contributed by atoms with van der Waals surface area (Å²) in [7, 11) is -3.32. The minimum Gasteiger partial charge on any atom is -0.284 e. The number of anilines is 1. The Balaban J connectivity index is 1.61. The van der Waals surface area contributed by atoms with Crippen LogP contribution in [0.3, 0.4) is 0 Å². The zero-order chi connectivity index (χ0) is 22.8. The van der Waals surface area contributed by atoms with Crippen LogP contribution >= 0.6 is 0 Å². The number of sulfonamides is 1. The average Bonchev–Trinajstić information content (AvgIpc) is 2.96. The summed E-state index contributed by atoms with van der Waals surface area (Å²) in [6.07, 6.45) is 4.01. The molecular weight excluding hydrogens is 426 g/mol. The van der Waals surface area contributed by atoms with Crippen molar-refractivity contribution in [3.63, 3.8) is 0 Å². The Kier molecular flexibility index (Phi) is 5.77. The number of benzene rings is 4. The van der Waals surface area contributed by atoms with Gasteiger partial charge in [-0.3, -0.25) is 4.72 Å². The van der Waals surface area contributed by atoms with Gasteiger partial charge in [0.05, 0.1) is 6.26 Å². The molecule has 0 radical (unpaired) electrons. The third-order valence-electron chi connectivity index (χ3n) is 6.42. The van der Waals surface area contributed by atoms with Crippen LogP contribution in [-0.2, 0) is 29.3 Å². The Bertz CT molecular complexity index is 1390. The Labute approximate surface area is 196 Å². The number of hydrogen-bond donors (Lipinski definition) is 1. The summed E-state index contributed by atoms with van der Waals surface area (Å²) in [4.78, 5) is 0. The van der Waals surface area contributed by atoms with Gasteiger partial charge in [0.2, 0.25) is 10.0 Å². The van der Waals surface area contributed by atoms with Crippen molar-refractivity contribution in [2.24, 2.45) is 0 Å². The van der Waals surface area contributed by atoms with Gasteiger partial charge in [-0.25, -0.2) is 8.42 Å². The van der Waals surface area contributed by atoms with E-state index in [1.54, 1.807) is 6.07 Å². The van der Waals surface area contributed by atoms with Crippen LogP contribution in [0.25, 0.3) is 11.1 Å². The van der Waals surface area contributed by atoms with Crippen molar-refractivity contribution in [1.29, 1.82) is 0 Å². The molecule has 1 aliphatic carbocycles. The molecule has 0 spiro atoms. The molecule has 5 rings (SSSR count). The van der Waals surface area contributed by atoms with Crippen LogP contribution in [0.1, 0.15) is 33.7 Å². The lowest BCUT2D eigenvalue weighted by Crippen LogP contribution is -2.11. The second-order valence-corrected chi connectivity index (χ2v) is 10.5. The summed E-state index contributed by atoms with van der Waals surface area (Å²) in [6.45, 7) is 0. The van der Waals surface area contributed by atoms with E-state index in [0.717, 1.165) is 24.8 Å². The quantitative estimate of drug-likeness (QED) is 0.391. The van der Waals surface area contributed by atoms with Crippen molar-refractivity contribution in [1.82, 2.24) is 0 Å². The van der Waals surface area contributed by atoms with Crippen LogP contribution in [0.2, 0.25) is 0 Å². The molecule has 0 fully saturated rings. The first-order valence-electron chi connectivity index (χ1n) is 11.3. The SMILES string of the molecule is CS(=O)(=O)Nc1cccc(CC2c3ccccc3CCc3c(-c4ccccc4)cccc32)c1. The van der Waals surface area contributed by atoms with E-state index in [1.165, 1.54) is 39.6 Å². The topological polar surface area (TPSA) is 46.2 Å². The molecule has 4 aromatic carbocycles. The van der Waals surface area contributed by atoms with Gasteiger partial charge in [0.25, 0.3) is 0 Å². The Morgan fingerprint density at radius 1 is 0.788 bits per heavy atom. The summed E-state index contributed by atoms with van der Waals surface area (Å²) in [5, 5.41) is 0. The summed E-state index contributed by atoms with van der Waals surface area (Å²) in [6, 6.07) is 33.8. The molecule has 0 aliphatic heterocycles. The lowest BCUT2D eigenvalue weighted by Gasteiger charge is -2.22. The monoisotopic (exact) mass is 453 g/mol. The Hall–Kier alpha value is -3.37. The number of nitrogens with one attached hydrogen (secondary N) is 1. The van der Waals surface area contributed by atoms with Gasteiger partial charge in [-0.1, -0.05) is 84.9 Å². The molecule has 3 nitrogen and oxygen atoms in total. The zero-order valence-electron chi connectivity index (χ0n) is 18.7. The highest BCUT2D eigenvalue weighted by Crippen LogP contribution is 2.40. The fourth-order valence-corrected chi connectivity index (χ4v) is 5.61. The minimum atomic E-state index is -3.32. The second kappa shape index (κ2) is 8.87. The average molecular weight is 454 g/mol. The summed E-state index contributed by atoms with van der Waals surface area (Å²) < 4.78 is 26.1. The third kappa shape index (κ3) is 4.71. The van der Waals surface area contributed by atoms with E-state index in [4.69, 9.17) is 0 Å². The van der Waals surface area contributed by atoms with E-state index >= 15 is 0 Å². The van der Waals surface area contributed by atoms with Crippen molar-refractivity contribution >= 4 is 15.7 Å². The van der Waals surface area contributed by atoms with Crippen LogP contribution in [0.5, 0.6) is 0 Å². The summed E-state index contributed by atoms with van der Waals surface area (Å²) in [5.74, 6) is 0.204. The lowest BCUT2D eigenvalue weighted by atomic mass is 9.82. The highest BCUT2D eigenvalue weighted by Gasteiger charge is 2.25. The molecule has 1 atom stereocenters. The minimum absolute atomic E-state index is 0.204. The van der Waals surface area contributed by atoms with E-state index in [1.807, 2.05) is 12.1 Å². The van der Waals surface area contributed by atoms with Gasteiger partial charge in [0.15, 0.2) is 0 Å². The smallest absolute Gasteiger partial charge is 0.229 e. The van der Waals surface area contributed by atoms with Crippen molar-refractivity contribution in [2.45, 2.75) is 25.2 Å². The molecule has 1 aliphatic rings.